The van der Waals surface area contributed by atoms with E-state index in [1.807, 2.05) is 0 Å². The van der Waals surface area contributed by atoms with Crippen LogP contribution in [0.2, 0.25) is 0 Å². The Kier molecular flexibility index (Phi) is 6.44. The lowest BCUT2D eigenvalue weighted by Gasteiger charge is -2.11. The highest BCUT2D eigenvalue weighted by molar-refractivity contribution is 9.11. The number of hydrogen-bond acceptors (Lipinski definition) is 4. The van der Waals surface area contributed by atoms with Crippen molar-refractivity contribution in [1.29, 1.82) is 0 Å². The van der Waals surface area contributed by atoms with E-state index in [0.717, 1.165) is 0 Å². The highest BCUT2D eigenvalue weighted by Crippen LogP contribution is 2.35. The molecule has 1 amide bonds. The standard InChI is InChI=1S/C11H14Br2N2O4S/c1-15-10(16)3-2-4-19-11-8(12)5-7(6-9(11)13)20(14,17)18/h5-6H,2-4H2,1H3,(H,15,16)(H2,14,17,18). The molecule has 0 aliphatic carbocycles. The molecule has 0 aromatic heterocycles. The number of rotatable bonds is 6. The molecule has 6 nitrogen and oxygen atoms in total. The van der Waals surface area contributed by atoms with Crippen molar-refractivity contribution < 1.29 is 17.9 Å². The Bertz CT molecular complexity index is 581. The number of amides is 1. The van der Waals surface area contributed by atoms with Gasteiger partial charge in [0.1, 0.15) is 5.75 Å². The summed E-state index contributed by atoms with van der Waals surface area (Å²) in [6.45, 7) is 0.333. The maximum absolute atomic E-state index is 11.3. The van der Waals surface area contributed by atoms with Crippen LogP contribution in [0.4, 0.5) is 0 Å². The van der Waals surface area contributed by atoms with E-state index in [9.17, 15) is 13.2 Å². The maximum atomic E-state index is 11.3. The van der Waals surface area contributed by atoms with Crippen LogP contribution < -0.4 is 15.2 Å². The zero-order valence-corrected chi connectivity index (χ0v) is 14.6. The Hall–Kier alpha value is -0.640. The molecule has 0 bridgehead atoms. The van der Waals surface area contributed by atoms with Crippen molar-refractivity contribution in [2.75, 3.05) is 13.7 Å². The van der Waals surface area contributed by atoms with Gasteiger partial charge in [-0.3, -0.25) is 4.79 Å². The summed E-state index contributed by atoms with van der Waals surface area (Å²) < 4.78 is 29.0. The largest absolute Gasteiger partial charge is 0.491 e. The topological polar surface area (TPSA) is 98.5 Å². The molecule has 1 aromatic carbocycles. The summed E-state index contributed by atoms with van der Waals surface area (Å²) in [5, 5.41) is 7.58. The molecule has 0 radical (unpaired) electrons. The molecule has 0 aliphatic rings. The monoisotopic (exact) mass is 428 g/mol. The first-order valence-electron chi connectivity index (χ1n) is 5.61. The van der Waals surface area contributed by atoms with Crippen molar-refractivity contribution in [3.05, 3.63) is 21.1 Å². The molecular formula is C11H14Br2N2O4S. The average Bonchev–Trinajstić information content (AvgIpc) is 2.35. The van der Waals surface area contributed by atoms with Gasteiger partial charge in [0.15, 0.2) is 0 Å². The zero-order valence-electron chi connectivity index (χ0n) is 10.7. The predicted molar refractivity (Wildman–Crippen MR) is 82.0 cm³/mol. The van der Waals surface area contributed by atoms with Gasteiger partial charge in [-0.15, -0.1) is 0 Å². The van der Waals surface area contributed by atoms with Crippen LogP contribution in [0.25, 0.3) is 0 Å². The normalized spacial score (nSPS) is 11.2. The Morgan fingerprint density at radius 1 is 1.35 bits per heavy atom. The highest BCUT2D eigenvalue weighted by Gasteiger charge is 2.15. The van der Waals surface area contributed by atoms with E-state index >= 15 is 0 Å². The third-order valence-electron chi connectivity index (χ3n) is 2.37. The summed E-state index contributed by atoms with van der Waals surface area (Å²) in [5.41, 5.74) is 0. The van der Waals surface area contributed by atoms with Crippen LogP contribution in [0.15, 0.2) is 26.0 Å². The second-order valence-electron chi connectivity index (χ2n) is 3.89. The van der Waals surface area contributed by atoms with Crippen molar-refractivity contribution in [3.63, 3.8) is 0 Å². The molecule has 3 N–H and O–H groups in total. The molecule has 0 spiro atoms. The van der Waals surface area contributed by atoms with Crippen molar-refractivity contribution in [1.82, 2.24) is 5.32 Å². The number of carbonyl (C=O) groups is 1. The minimum absolute atomic E-state index is 0.0195. The third-order valence-corrected chi connectivity index (χ3v) is 4.44. The lowest BCUT2D eigenvalue weighted by atomic mass is 10.3. The number of primary sulfonamides is 1. The minimum atomic E-state index is -3.77. The van der Waals surface area contributed by atoms with E-state index in [1.165, 1.54) is 12.1 Å². The number of hydrogen-bond donors (Lipinski definition) is 2. The molecule has 0 unspecified atom stereocenters. The summed E-state index contributed by atoms with van der Waals surface area (Å²) >= 11 is 6.46. The van der Waals surface area contributed by atoms with Gasteiger partial charge in [0.25, 0.3) is 0 Å². The second kappa shape index (κ2) is 7.39. The summed E-state index contributed by atoms with van der Waals surface area (Å²) in [6, 6.07) is 2.74. The molecule has 0 fully saturated rings. The van der Waals surface area contributed by atoms with Gasteiger partial charge in [-0.1, -0.05) is 0 Å². The van der Waals surface area contributed by atoms with Gasteiger partial charge >= 0.3 is 0 Å². The van der Waals surface area contributed by atoms with Crippen molar-refractivity contribution in [2.24, 2.45) is 5.14 Å². The molecule has 112 valence electrons. The van der Waals surface area contributed by atoms with Crippen LogP contribution in [0, 0.1) is 0 Å². The fraction of sp³-hybridized carbons (Fsp3) is 0.364. The SMILES string of the molecule is CNC(=O)CCCOc1c(Br)cc(S(N)(=O)=O)cc1Br. The first-order chi connectivity index (χ1) is 9.25. The van der Waals surface area contributed by atoms with E-state index in [-0.39, 0.29) is 10.8 Å². The van der Waals surface area contributed by atoms with Crippen LogP contribution in [0.1, 0.15) is 12.8 Å². The van der Waals surface area contributed by atoms with Crippen LogP contribution in [0.3, 0.4) is 0 Å². The summed E-state index contributed by atoms with van der Waals surface area (Å²) in [7, 11) is -2.20. The van der Waals surface area contributed by atoms with Gasteiger partial charge in [-0.05, 0) is 50.4 Å². The molecule has 0 heterocycles. The lowest BCUT2D eigenvalue weighted by molar-refractivity contribution is -0.120. The van der Waals surface area contributed by atoms with E-state index in [4.69, 9.17) is 9.88 Å². The Balaban J connectivity index is 2.75. The number of carbonyl (C=O) groups excluding carboxylic acids is 1. The summed E-state index contributed by atoms with van der Waals surface area (Å²) in [6.07, 6.45) is 0.913. The van der Waals surface area contributed by atoms with E-state index in [0.29, 0.717) is 34.1 Å². The third kappa shape index (κ3) is 5.04. The van der Waals surface area contributed by atoms with Crippen molar-refractivity contribution in [2.45, 2.75) is 17.7 Å². The van der Waals surface area contributed by atoms with E-state index < -0.39 is 10.0 Å². The van der Waals surface area contributed by atoms with Gasteiger partial charge in [-0.25, -0.2) is 13.6 Å². The highest BCUT2D eigenvalue weighted by atomic mass is 79.9. The Morgan fingerprint density at radius 3 is 2.35 bits per heavy atom. The van der Waals surface area contributed by atoms with Crippen LogP contribution in [-0.2, 0) is 14.8 Å². The molecule has 1 aromatic rings. The Morgan fingerprint density at radius 2 is 1.90 bits per heavy atom. The molecule has 1 rings (SSSR count). The van der Waals surface area contributed by atoms with Gasteiger partial charge in [0.2, 0.25) is 15.9 Å². The zero-order chi connectivity index (χ0) is 15.3. The predicted octanol–water partition coefficient (Wildman–Crippen LogP) is 1.76. The number of nitrogens with two attached hydrogens (primary N) is 1. The van der Waals surface area contributed by atoms with Gasteiger partial charge < -0.3 is 10.1 Å². The van der Waals surface area contributed by atoms with Crippen LogP contribution in [0.5, 0.6) is 5.75 Å². The fourth-order valence-electron chi connectivity index (χ4n) is 1.37. The molecule has 9 heteroatoms. The molecule has 0 aliphatic heterocycles. The number of nitrogens with one attached hydrogen (secondary N) is 1. The van der Waals surface area contributed by atoms with Gasteiger partial charge in [0, 0.05) is 13.5 Å². The molecular weight excluding hydrogens is 416 g/mol. The van der Waals surface area contributed by atoms with Crippen molar-refractivity contribution >= 4 is 47.8 Å². The Labute approximate surface area is 134 Å². The van der Waals surface area contributed by atoms with Crippen LogP contribution >= 0.6 is 31.9 Å². The lowest BCUT2D eigenvalue weighted by Crippen LogP contribution is -2.18. The quantitative estimate of drug-likeness (QED) is 0.673. The molecule has 20 heavy (non-hydrogen) atoms. The van der Waals surface area contributed by atoms with Gasteiger partial charge in [-0.2, -0.15) is 0 Å². The molecule has 0 saturated carbocycles. The van der Waals surface area contributed by atoms with Crippen LogP contribution in [-0.4, -0.2) is 28.0 Å². The van der Waals surface area contributed by atoms with Crippen molar-refractivity contribution in [3.8, 4) is 5.75 Å². The smallest absolute Gasteiger partial charge is 0.238 e. The fourth-order valence-corrected chi connectivity index (χ4v) is 3.65. The van der Waals surface area contributed by atoms with E-state index in [2.05, 4.69) is 37.2 Å². The van der Waals surface area contributed by atoms with Gasteiger partial charge in [0.05, 0.1) is 20.4 Å². The first kappa shape index (κ1) is 17.4. The van der Waals surface area contributed by atoms with E-state index in [1.54, 1.807) is 7.05 Å². The molecule has 0 atom stereocenters. The number of ether oxygens (including phenoxy) is 1. The summed E-state index contributed by atoms with van der Waals surface area (Å²) in [5.74, 6) is 0.408. The number of benzene rings is 1. The molecule has 0 saturated heterocycles. The first-order valence-corrected chi connectivity index (χ1v) is 8.74. The maximum Gasteiger partial charge on any atom is 0.238 e. The number of halogens is 2. The second-order valence-corrected chi connectivity index (χ2v) is 7.16. The minimum Gasteiger partial charge on any atom is -0.491 e. The number of sulfonamides is 1. The average molecular weight is 430 g/mol. The summed E-state index contributed by atoms with van der Waals surface area (Å²) in [4.78, 5) is 11.0.